The van der Waals surface area contributed by atoms with E-state index in [1.54, 1.807) is 12.1 Å². The maximum absolute atomic E-state index is 11.8. The lowest BCUT2D eigenvalue weighted by Gasteiger charge is -2.14. The van der Waals surface area contributed by atoms with Crippen molar-refractivity contribution in [3.8, 4) is 0 Å². The van der Waals surface area contributed by atoms with E-state index in [1.165, 1.54) is 0 Å². The van der Waals surface area contributed by atoms with E-state index in [1.807, 2.05) is 32.9 Å². The van der Waals surface area contributed by atoms with E-state index in [9.17, 15) is 9.59 Å². The van der Waals surface area contributed by atoms with Gasteiger partial charge in [0.05, 0.1) is 6.04 Å². The SMILES string of the molecule is CCNC(=O)c1ccc(CNC(=O)[C@@H](N)CC(C)C)cc1. The minimum atomic E-state index is -0.473. The molecule has 116 valence electrons. The molecular formula is C16H25N3O2. The number of benzene rings is 1. The molecule has 2 amide bonds. The Kier molecular flexibility index (Phi) is 6.88. The lowest BCUT2D eigenvalue weighted by atomic mass is 10.0. The van der Waals surface area contributed by atoms with Crippen molar-refractivity contribution in [2.45, 2.75) is 39.8 Å². The first-order chi connectivity index (χ1) is 9.93. The molecular weight excluding hydrogens is 266 g/mol. The predicted octanol–water partition coefficient (Wildman–Crippen LogP) is 1.43. The Morgan fingerprint density at radius 3 is 2.29 bits per heavy atom. The van der Waals surface area contributed by atoms with Gasteiger partial charge in [-0.2, -0.15) is 0 Å². The molecule has 21 heavy (non-hydrogen) atoms. The van der Waals surface area contributed by atoms with Crippen LogP contribution in [-0.4, -0.2) is 24.4 Å². The van der Waals surface area contributed by atoms with Crippen LogP contribution in [0.2, 0.25) is 0 Å². The zero-order valence-electron chi connectivity index (χ0n) is 13.0. The summed E-state index contributed by atoms with van der Waals surface area (Å²) in [4.78, 5) is 23.4. The minimum absolute atomic E-state index is 0.0907. The Bertz CT molecular complexity index is 469. The summed E-state index contributed by atoms with van der Waals surface area (Å²) in [7, 11) is 0. The Balaban J connectivity index is 2.49. The maximum atomic E-state index is 11.8. The molecule has 1 aromatic carbocycles. The normalized spacial score (nSPS) is 12.0. The van der Waals surface area contributed by atoms with E-state index in [-0.39, 0.29) is 11.8 Å². The van der Waals surface area contributed by atoms with Gasteiger partial charge in [-0.25, -0.2) is 0 Å². The van der Waals surface area contributed by atoms with Crippen molar-refractivity contribution in [1.82, 2.24) is 10.6 Å². The molecule has 0 aromatic heterocycles. The summed E-state index contributed by atoms with van der Waals surface area (Å²) in [6.07, 6.45) is 0.669. The monoisotopic (exact) mass is 291 g/mol. The van der Waals surface area contributed by atoms with Crippen LogP contribution in [0.1, 0.15) is 43.1 Å². The second kappa shape index (κ2) is 8.42. The lowest BCUT2D eigenvalue weighted by molar-refractivity contribution is -0.122. The van der Waals surface area contributed by atoms with Crippen LogP contribution in [-0.2, 0) is 11.3 Å². The van der Waals surface area contributed by atoms with Crippen LogP contribution in [0.3, 0.4) is 0 Å². The van der Waals surface area contributed by atoms with Crippen LogP contribution in [0.15, 0.2) is 24.3 Å². The number of nitrogens with one attached hydrogen (secondary N) is 2. The van der Waals surface area contributed by atoms with Crippen molar-refractivity contribution in [3.05, 3.63) is 35.4 Å². The summed E-state index contributed by atoms with van der Waals surface area (Å²) in [6, 6.07) is 6.69. The number of nitrogens with two attached hydrogens (primary N) is 1. The van der Waals surface area contributed by atoms with E-state index in [0.29, 0.717) is 31.0 Å². The molecule has 0 bridgehead atoms. The van der Waals surface area contributed by atoms with Gasteiger partial charge in [0.15, 0.2) is 0 Å². The largest absolute Gasteiger partial charge is 0.352 e. The summed E-state index contributed by atoms with van der Waals surface area (Å²) >= 11 is 0. The van der Waals surface area contributed by atoms with Gasteiger partial charge in [0.1, 0.15) is 0 Å². The van der Waals surface area contributed by atoms with Gasteiger partial charge in [0, 0.05) is 18.7 Å². The second-order valence-corrected chi connectivity index (χ2v) is 5.51. The highest BCUT2D eigenvalue weighted by atomic mass is 16.2. The average Bonchev–Trinajstić information content (AvgIpc) is 2.44. The minimum Gasteiger partial charge on any atom is -0.352 e. The molecule has 0 aliphatic carbocycles. The van der Waals surface area contributed by atoms with Crippen LogP contribution in [0.5, 0.6) is 0 Å². The summed E-state index contributed by atoms with van der Waals surface area (Å²) in [5.41, 5.74) is 7.37. The average molecular weight is 291 g/mol. The molecule has 4 N–H and O–H groups in total. The first-order valence-electron chi connectivity index (χ1n) is 7.34. The lowest BCUT2D eigenvalue weighted by Crippen LogP contribution is -2.41. The number of amides is 2. The van der Waals surface area contributed by atoms with E-state index in [4.69, 9.17) is 5.73 Å². The van der Waals surface area contributed by atoms with Crippen LogP contribution in [0.25, 0.3) is 0 Å². The number of carbonyl (C=O) groups is 2. The van der Waals surface area contributed by atoms with Gasteiger partial charge in [0.2, 0.25) is 5.91 Å². The van der Waals surface area contributed by atoms with Crippen LogP contribution in [0, 0.1) is 5.92 Å². The van der Waals surface area contributed by atoms with Crippen LogP contribution >= 0.6 is 0 Å². The molecule has 1 atom stereocenters. The molecule has 0 radical (unpaired) electrons. The van der Waals surface area contributed by atoms with Gasteiger partial charge in [-0.05, 0) is 37.0 Å². The van der Waals surface area contributed by atoms with Gasteiger partial charge in [0.25, 0.3) is 5.91 Å². The fourth-order valence-corrected chi connectivity index (χ4v) is 1.97. The maximum Gasteiger partial charge on any atom is 0.251 e. The van der Waals surface area contributed by atoms with E-state index < -0.39 is 6.04 Å². The third kappa shape index (κ3) is 5.95. The summed E-state index contributed by atoms with van der Waals surface area (Å²) in [5, 5.41) is 5.55. The third-order valence-corrected chi connectivity index (χ3v) is 3.08. The number of hydrogen-bond donors (Lipinski definition) is 3. The van der Waals surface area contributed by atoms with Crippen LogP contribution < -0.4 is 16.4 Å². The fourth-order valence-electron chi connectivity index (χ4n) is 1.97. The fraction of sp³-hybridized carbons (Fsp3) is 0.500. The van der Waals surface area contributed by atoms with Gasteiger partial charge < -0.3 is 16.4 Å². The van der Waals surface area contributed by atoms with Gasteiger partial charge in [-0.15, -0.1) is 0 Å². The number of hydrogen-bond acceptors (Lipinski definition) is 3. The highest BCUT2D eigenvalue weighted by Gasteiger charge is 2.14. The van der Waals surface area contributed by atoms with Gasteiger partial charge in [-0.1, -0.05) is 26.0 Å². The van der Waals surface area contributed by atoms with Crippen molar-refractivity contribution < 1.29 is 9.59 Å². The van der Waals surface area contributed by atoms with Gasteiger partial charge >= 0.3 is 0 Å². The quantitative estimate of drug-likeness (QED) is 0.710. The Morgan fingerprint density at radius 2 is 1.76 bits per heavy atom. The zero-order chi connectivity index (χ0) is 15.8. The highest BCUT2D eigenvalue weighted by molar-refractivity contribution is 5.94. The molecule has 0 aliphatic rings. The Hall–Kier alpha value is -1.88. The summed E-state index contributed by atoms with van der Waals surface area (Å²) < 4.78 is 0. The molecule has 0 heterocycles. The molecule has 0 unspecified atom stereocenters. The molecule has 0 saturated carbocycles. The first kappa shape index (κ1) is 17.2. The predicted molar refractivity (Wildman–Crippen MR) is 83.7 cm³/mol. The van der Waals surface area contributed by atoms with Crippen molar-refractivity contribution in [2.75, 3.05) is 6.54 Å². The molecule has 0 aliphatic heterocycles. The summed E-state index contributed by atoms with van der Waals surface area (Å²) in [6.45, 7) is 6.97. The van der Waals surface area contributed by atoms with Crippen molar-refractivity contribution >= 4 is 11.8 Å². The molecule has 1 aromatic rings. The van der Waals surface area contributed by atoms with Crippen molar-refractivity contribution in [3.63, 3.8) is 0 Å². The number of carbonyl (C=O) groups excluding carboxylic acids is 2. The van der Waals surface area contributed by atoms with E-state index >= 15 is 0 Å². The Morgan fingerprint density at radius 1 is 1.14 bits per heavy atom. The Labute approximate surface area is 126 Å². The zero-order valence-corrected chi connectivity index (χ0v) is 13.0. The van der Waals surface area contributed by atoms with E-state index in [2.05, 4.69) is 10.6 Å². The third-order valence-electron chi connectivity index (χ3n) is 3.08. The molecule has 0 saturated heterocycles. The standard InChI is InChI=1S/C16H25N3O2/c1-4-18-15(20)13-7-5-12(6-8-13)10-19-16(21)14(17)9-11(2)3/h5-8,11,14H,4,9-10,17H2,1-3H3,(H,18,20)(H,19,21)/t14-/m0/s1. The molecule has 0 spiro atoms. The highest BCUT2D eigenvalue weighted by Crippen LogP contribution is 2.06. The molecule has 0 fully saturated rings. The van der Waals surface area contributed by atoms with Gasteiger partial charge in [-0.3, -0.25) is 9.59 Å². The molecule has 1 rings (SSSR count). The molecule has 5 heteroatoms. The molecule has 5 nitrogen and oxygen atoms in total. The van der Waals surface area contributed by atoms with Crippen molar-refractivity contribution in [1.29, 1.82) is 0 Å². The summed E-state index contributed by atoms with van der Waals surface area (Å²) in [5.74, 6) is 0.158. The van der Waals surface area contributed by atoms with Crippen molar-refractivity contribution in [2.24, 2.45) is 11.7 Å². The topological polar surface area (TPSA) is 84.2 Å². The smallest absolute Gasteiger partial charge is 0.251 e. The van der Waals surface area contributed by atoms with E-state index in [0.717, 1.165) is 5.56 Å². The second-order valence-electron chi connectivity index (χ2n) is 5.51. The first-order valence-corrected chi connectivity index (χ1v) is 7.34. The van der Waals surface area contributed by atoms with Crippen LogP contribution in [0.4, 0.5) is 0 Å². The number of rotatable bonds is 7.